The van der Waals surface area contributed by atoms with Gasteiger partial charge in [-0.3, -0.25) is 4.79 Å². The molecule has 2 rings (SSSR count). The zero-order valence-electron chi connectivity index (χ0n) is 5.63. The number of fused-ring (bicyclic) bond motifs is 2. The van der Waals surface area contributed by atoms with Crippen molar-refractivity contribution >= 4 is 5.78 Å². The Kier molecular flexibility index (Phi) is 0.943. The van der Waals surface area contributed by atoms with Crippen LogP contribution < -0.4 is 0 Å². The van der Waals surface area contributed by atoms with Crippen LogP contribution in [0.4, 0.5) is 0 Å². The largest absolute Gasteiger partial charge is 0.302 e. The lowest BCUT2D eigenvalue weighted by atomic mass is 10.1. The van der Waals surface area contributed by atoms with E-state index in [1.54, 1.807) is 0 Å². The molecule has 1 saturated heterocycles. The summed E-state index contributed by atoms with van der Waals surface area (Å²) in [6.07, 6.45) is 1.95. The molecule has 1 saturated carbocycles. The summed E-state index contributed by atoms with van der Waals surface area (Å²) in [5.74, 6) is 0.901. The van der Waals surface area contributed by atoms with Crippen molar-refractivity contribution in [3.63, 3.8) is 0 Å². The number of rotatable bonds is 0. The molecule has 2 heteroatoms. The second-order valence-electron chi connectivity index (χ2n) is 3.20. The molecule has 0 spiro atoms. The van der Waals surface area contributed by atoms with Crippen LogP contribution in [0.25, 0.3) is 0 Å². The van der Waals surface area contributed by atoms with Crippen LogP contribution >= 0.6 is 0 Å². The molecule has 2 aliphatic rings. The number of carbonyl (C=O) groups excluding carboxylic acids is 1. The van der Waals surface area contributed by atoms with Crippen molar-refractivity contribution in [2.75, 3.05) is 13.6 Å². The topological polar surface area (TPSA) is 20.3 Å². The summed E-state index contributed by atoms with van der Waals surface area (Å²) < 4.78 is 0. The van der Waals surface area contributed by atoms with E-state index >= 15 is 0 Å². The number of nitrogens with zero attached hydrogens (tertiary/aromatic N) is 1. The number of hydrogen-bond donors (Lipinski definition) is 0. The molecule has 1 aliphatic heterocycles. The maximum absolute atomic E-state index is 11.0. The fraction of sp³-hybridized carbons (Fsp3) is 0.857. The smallest absolute Gasteiger partial charge is 0.138 e. The number of Topliss-reactive ketones (excluding diaryl/α,β-unsaturated/α-hetero) is 1. The van der Waals surface area contributed by atoms with Crippen LogP contribution in [0.2, 0.25) is 0 Å². The Bertz CT molecular complexity index is 153. The first kappa shape index (κ1) is 5.42. The van der Waals surface area contributed by atoms with Gasteiger partial charge in [0, 0.05) is 24.9 Å². The fourth-order valence-corrected chi connectivity index (χ4v) is 1.95. The van der Waals surface area contributed by atoms with Gasteiger partial charge in [-0.25, -0.2) is 0 Å². The average Bonchev–Trinajstić information content (AvgIpc) is 2.24. The van der Waals surface area contributed by atoms with Crippen LogP contribution in [0.1, 0.15) is 12.8 Å². The molecule has 2 atom stereocenters. The fourth-order valence-electron chi connectivity index (χ4n) is 1.95. The first-order valence-corrected chi connectivity index (χ1v) is 3.50. The van der Waals surface area contributed by atoms with Crippen LogP contribution in [0.3, 0.4) is 0 Å². The zero-order valence-corrected chi connectivity index (χ0v) is 5.63. The first-order valence-electron chi connectivity index (χ1n) is 3.50. The normalized spacial score (nSPS) is 42.6. The predicted molar refractivity (Wildman–Crippen MR) is 34.1 cm³/mol. The SMILES string of the molecule is CN1C[C@@H]2C[C@H]1CC2=O. The number of likely N-dealkylation sites (tertiary alicyclic amines) is 1. The van der Waals surface area contributed by atoms with Crippen LogP contribution in [-0.2, 0) is 4.79 Å². The third-order valence-electron chi connectivity index (χ3n) is 2.58. The minimum Gasteiger partial charge on any atom is -0.302 e. The van der Waals surface area contributed by atoms with Crippen molar-refractivity contribution in [3.8, 4) is 0 Å². The van der Waals surface area contributed by atoms with Gasteiger partial charge in [0.2, 0.25) is 0 Å². The van der Waals surface area contributed by atoms with E-state index in [2.05, 4.69) is 11.9 Å². The molecule has 2 bridgehead atoms. The van der Waals surface area contributed by atoms with Gasteiger partial charge >= 0.3 is 0 Å². The van der Waals surface area contributed by atoms with Gasteiger partial charge < -0.3 is 4.90 Å². The highest BCUT2D eigenvalue weighted by Gasteiger charge is 2.41. The molecule has 2 nitrogen and oxygen atoms in total. The van der Waals surface area contributed by atoms with E-state index in [1.165, 1.54) is 0 Å². The van der Waals surface area contributed by atoms with Crippen LogP contribution in [0.5, 0.6) is 0 Å². The molecule has 0 aromatic rings. The summed E-state index contributed by atoms with van der Waals surface area (Å²) in [6, 6.07) is 0.600. The summed E-state index contributed by atoms with van der Waals surface area (Å²) in [5, 5.41) is 0. The third kappa shape index (κ3) is 0.628. The van der Waals surface area contributed by atoms with Crippen LogP contribution in [0.15, 0.2) is 0 Å². The van der Waals surface area contributed by atoms with E-state index in [-0.39, 0.29) is 0 Å². The van der Waals surface area contributed by atoms with Crippen molar-refractivity contribution < 1.29 is 4.79 Å². The summed E-state index contributed by atoms with van der Waals surface area (Å²) in [5.41, 5.74) is 0. The minimum atomic E-state index is 0.403. The van der Waals surface area contributed by atoms with E-state index in [0.29, 0.717) is 17.7 Å². The molecule has 0 aromatic heterocycles. The van der Waals surface area contributed by atoms with Gasteiger partial charge in [-0.2, -0.15) is 0 Å². The van der Waals surface area contributed by atoms with E-state index in [4.69, 9.17) is 0 Å². The molecule has 0 radical (unpaired) electrons. The Morgan fingerprint density at radius 2 is 2.44 bits per heavy atom. The van der Waals surface area contributed by atoms with Crippen molar-refractivity contribution in [3.05, 3.63) is 0 Å². The van der Waals surface area contributed by atoms with Gasteiger partial charge in [0.15, 0.2) is 0 Å². The maximum Gasteiger partial charge on any atom is 0.138 e. The maximum atomic E-state index is 11.0. The van der Waals surface area contributed by atoms with E-state index in [1.807, 2.05) is 0 Å². The molecule has 0 unspecified atom stereocenters. The highest BCUT2D eigenvalue weighted by Crippen LogP contribution is 2.33. The Labute approximate surface area is 54.8 Å². The third-order valence-corrected chi connectivity index (χ3v) is 2.58. The molecule has 0 amide bonds. The van der Waals surface area contributed by atoms with Gasteiger partial charge in [0.1, 0.15) is 5.78 Å². The number of hydrogen-bond acceptors (Lipinski definition) is 2. The van der Waals surface area contributed by atoms with Gasteiger partial charge in [-0.15, -0.1) is 0 Å². The summed E-state index contributed by atoms with van der Waals surface area (Å²) >= 11 is 0. The lowest BCUT2D eigenvalue weighted by Gasteiger charge is -2.20. The van der Waals surface area contributed by atoms with E-state index < -0.39 is 0 Å². The molecule has 1 aliphatic carbocycles. The molecule has 9 heavy (non-hydrogen) atoms. The van der Waals surface area contributed by atoms with Gasteiger partial charge in [-0.05, 0) is 13.5 Å². The minimum absolute atomic E-state index is 0.403. The van der Waals surface area contributed by atoms with Gasteiger partial charge in [-0.1, -0.05) is 0 Å². The quantitative estimate of drug-likeness (QED) is 0.463. The summed E-state index contributed by atoms with van der Waals surface area (Å²) in [7, 11) is 2.11. The molecular formula is C7H11NO. The molecule has 2 fully saturated rings. The Hall–Kier alpha value is -0.370. The summed E-state index contributed by atoms with van der Waals surface area (Å²) in [4.78, 5) is 13.3. The molecule has 0 N–H and O–H groups in total. The summed E-state index contributed by atoms with van der Waals surface area (Å²) in [6.45, 7) is 1.02. The molecule has 50 valence electrons. The van der Waals surface area contributed by atoms with Crippen molar-refractivity contribution in [2.24, 2.45) is 5.92 Å². The van der Waals surface area contributed by atoms with Gasteiger partial charge in [0.25, 0.3) is 0 Å². The van der Waals surface area contributed by atoms with Gasteiger partial charge in [0.05, 0.1) is 0 Å². The number of ketones is 1. The highest BCUT2D eigenvalue weighted by molar-refractivity contribution is 5.85. The standard InChI is InChI=1S/C7H11NO/c1-8-4-5-2-6(8)3-7(5)9/h5-6H,2-4H2,1H3/t5-,6-/m0/s1. The first-order chi connectivity index (χ1) is 4.27. The second-order valence-corrected chi connectivity index (χ2v) is 3.20. The van der Waals surface area contributed by atoms with E-state index in [9.17, 15) is 4.79 Å². The molecule has 1 heterocycles. The van der Waals surface area contributed by atoms with Crippen molar-refractivity contribution in [2.45, 2.75) is 18.9 Å². The lowest BCUT2D eigenvalue weighted by molar-refractivity contribution is -0.122. The lowest BCUT2D eigenvalue weighted by Crippen LogP contribution is -2.31. The Balaban J connectivity index is 2.19. The highest BCUT2D eigenvalue weighted by atomic mass is 16.1. The zero-order chi connectivity index (χ0) is 6.43. The number of carbonyl (C=O) groups is 1. The predicted octanol–water partition coefficient (Wildman–Crippen LogP) is 0.280. The number of piperidine rings is 1. The Morgan fingerprint density at radius 3 is 2.78 bits per heavy atom. The Morgan fingerprint density at radius 1 is 1.67 bits per heavy atom. The monoisotopic (exact) mass is 125 g/mol. The van der Waals surface area contributed by atoms with Crippen LogP contribution in [0, 0.1) is 5.92 Å². The second kappa shape index (κ2) is 1.57. The van der Waals surface area contributed by atoms with Crippen molar-refractivity contribution in [1.29, 1.82) is 0 Å². The van der Waals surface area contributed by atoms with Crippen LogP contribution in [-0.4, -0.2) is 30.3 Å². The average molecular weight is 125 g/mol. The molecular weight excluding hydrogens is 114 g/mol. The van der Waals surface area contributed by atoms with E-state index in [0.717, 1.165) is 19.4 Å². The molecule has 0 aromatic carbocycles. The van der Waals surface area contributed by atoms with Crippen molar-refractivity contribution in [1.82, 2.24) is 4.90 Å².